The highest BCUT2D eigenvalue weighted by Crippen LogP contribution is 2.36. The topological polar surface area (TPSA) is 30.5 Å². The van der Waals surface area contributed by atoms with Crippen molar-refractivity contribution in [3.8, 4) is 11.5 Å². The number of para-hydroxylation sites is 1. The summed E-state index contributed by atoms with van der Waals surface area (Å²) in [6.45, 7) is 8.04. The highest BCUT2D eigenvalue weighted by molar-refractivity contribution is 5.64. The Kier molecular flexibility index (Phi) is 3.93. The van der Waals surface area contributed by atoms with Gasteiger partial charge in [-0.3, -0.25) is 0 Å². The maximum Gasteiger partial charge on any atom is 0.124 e. The van der Waals surface area contributed by atoms with Crippen LogP contribution in [-0.2, 0) is 6.42 Å². The first-order chi connectivity index (χ1) is 11.7. The van der Waals surface area contributed by atoms with Gasteiger partial charge in [-0.1, -0.05) is 31.7 Å². The van der Waals surface area contributed by atoms with Crippen molar-refractivity contribution in [2.24, 2.45) is 5.92 Å². The summed E-state index contributed by atoms with van der Waals surface area (Å²) in [6.07, 6.45) is 2.16. The SMILES string of the molecule is C=C(NC1c2ccccc2OCC1C)c1ccc2c(c1)CCCO2. The molecule has 3 heteroatoms. The minimum absolute atomic E-state index is 0.217. The number of hydrogen-bond donors (Lipinski definition) is 1. The van der Waals surface area contributed by atoms with Crippen LogP contribution in [0.25, 0.3) is 5.70 Å². The van der Waals surface area contributed by atoms with E-state index < -0.39 is 0 Å². The van der Waals surface area contributed by atoms with E-state index >= 15 is 0 Å². The molecule has 2 heterocycles. The Morgan fingerprint density at radius 3 is 2.92 bits per heavy atom. The van der Waals surface area contributed by atoms with Crippen LogP contribution >= 0.6 is 0 Å². The van der Waals surface area contributed by atoms with E-state index in [-0.39, 0.29) is 6.04 Å². The van der Waals surface area contributed by atoms with Crippen LogP contribution in [0.2, 0.25) is 0 Å². The summed E-state index contributed by atoms with van der Waals surface area (Å²) >= 11 is 0. The highest BCUT2D eigenvalue weighted by Gasteiger charge is 2.28. The van der Waals surface area contributed by atoms with Gasteiger partial charge in [0.25, 0.3) is 0 Å². The number of hydrogen-bond acceptors (Lipinski definition) is 3. The molecule has 0 radical (unpaired) electrons. The quantitative estimate of drug-likeness (QED) is 0.912. The fourth-order valence-corrected chi connectivity index (χ4v) is 3.53. The van der Waals surface area contributed by atoms with Gasteiger partial charge in [-0.2, -0.15) is 0 Å². The molecule has 0 aromatic heterocycles. The molecule has 0 aliphatic carbocycles. The van der Waals surface area contributed by atoms with E-state index in [9.17, 15) is 0 Å². The molecule has 2 atom stereocenters. The molecular weight excluding hydrogens is 298 g/mol. The average Bonchev–Trinajstić information content (AvgIpc) is 2.63. The first kappa shape index (κ1) is 15.1. The van der Waals surface area contributed by atoms with Gasteiger partial charge in [0.1, 0.15) is 11.5 Å². The lowest BCUT2D eigenvalue weighted by Crippen LogP contribution is -2.33. The molecule has 2 unspecified atom stereocenters. The molecule has 2 aliphatic rings. The largest absolute Gasteiger partial charge is 0.493 e. The Balaban J connectivity index is 1.58. The molecule has 0 amide bonds. The third kappa shape index (κ3) is 2.75. The van der Waals surface area contributed by atoms with Gasteiger partial charge in [0.2, 0.25) is 0 Å². The number of aryl methyl sites for hydroxylation is 1. The molecule has 124 valence electrons. The second kappa shape index (κ2) is 6.23. The minimum Gasteiger partial charge on any atom is -0.493 e. The summed E-state index contributed by atoms with van der Waals surface area (Å²) in [5, 5.41) is 3.63. The van der Waals surface area contributed by atoms with Crippen LogP contribution < -0.4 is 14.8 Å². The molecule has 0 saturated heterocycles. The third-order valence-corrected chi connectivity index (χ3v) is 4.91. The van der Waals surface area contributed by atoms with Crippen molar-refractivity contribution in [2.45, 2.75) is 25.8 Å². The predicted molar refractivity (Wildman–Crippen MR) is 96.3 cm³/mol. The molecule has 0 fully saturated rings. The molecule has 2 aliphatic heterocycles. The zero-order valence-corrected chi connectivity index (χ0v) is 14.0. The van der Waals surface area contributed by atoms with Crippen molar-refractivity contribution in [2.75, 3.05) is 13.2 Å². The van der Waals surface area contributed by atoms with E-state index in [1.165, 1.54) is 11.1 Å². The second-order valence-electron chi connectivity index (χ2n) is 6.70. The van der Waals surface area contributed by atoms with Crippen LogP contribution in [0.1, 0.15) is 36.1 Å². The first-order valence-corrected chi connectivity index (χ1v) is 8.65. The number of benzene rings is 2. The van der Waals surface area contributed by atoms with Gasteiger partial charge >= 0.3 is 0 Å². The zero-order valence-electron chi connectivity index (χ0n) is 14.0. The first-order valence-electron chi connectivity index (χ1n) is 8.65. The summed E-state index contributed by atoms with van der Waals surface area (Å²) < 4.78 is 11.5. The molecule has 2 aromatic rings. The van der Waals surface area contributed by atoms with Gasteiger partial charge in [-0.15, -0.1) is 0 Å². The van der Waals surface area contributed by atoms with Gasteiger partial charge < -0.3 is 14.8 Å². The number of nitrogens with one attached hydrogen (secondary N) is 1. The van der Waals surface area contributed by atoms with E-state index in [0.717, 1.165) is 48.8 Å². The monoisotopic (exact) mass is 321 g/mol. The molecule has 0 saturated carbocycles. The summed E-state index contributed by atoms with van der Waals surface area (Å²) in [7, 11) is 0. The van der Waals surface area contributed by atoms with Crippen molar-refractivity contribution in [3.05, 3.63) is 65.7 Å². The van der Waals surface area contributed by atoms with Gasteiger partial charge in [-0.25, -0.2) is 0 Å². The number of ether oxygens (including phenoxy) is 2. The van der Waals surface area contributed by atoms with Crippen molar-refractivity contribution >= 4 is 5.70 Å². The Labute approximate surface area is 143 Å². The summed E-state index contributed by atoms with van der Waals surface area (Å²) in [4.78, 5) is 0. The smallest absolute Gasteiger partial charge is 0.124 e. The minimum atomic E-state index is 0.217. The van der Waals surface area contributed by atoms with Crippen LogP contribution in [0.3, 0.4) is 0 Å². The molecule has 0 bridgehead atoms. The third-order valence-electron chi connectivity index (χ3n) is 4.91. The van der Waals surface area contributed by atoms with E-state index in [2.05, 4.69) is 49.2 Å². The number of fused-ring (bicyclic) bond motifs is 2. The van der Waals surface area contributed by atoms with E-state index in [1.807, 2.05) is 12.1 Å². The lowest BCUT2D eigenvalue weighted by molar-refractivity contribution is 0.197. The standard InChI is InChI=1S/C21H23NO2/c1-14-13-24-20-8-4-3-7-18(20)21(14)22-15(2)16-9-10-19-17(12-16)6-5-11-23-19/h3-4,7-10,12,14,21-22H,2,5-6,11,13H2,1H3. The number of rotatable bonds is 3. The Hall–Kier alpha value is -2.42. The fraction of sp³-hybridized carbons (Fsp3) is 0.333. The fourth-order valence-electron chi connectivity index (χ4n) is 3.53. The molecule has 1 N–H and O–H groups in total. The molecule has 4 rings (SSSR count). The van der Waals surface area contributed by atoms with Crippen LogP contribution in [0.15, 0.2) is 49.0 Å². The Morgan fingerprint density at radius 2 is 2.00 bits per heavy atom. The lowest BCUT2D eigenvalue weighted by atomic mass is 9.91. The second-order valence-corrected chi connectivity index (χ2v) is 6.70. The van der Waals surface area contributed by atoms with Crippen LogP contribution in [0.4, 0.5) is 0 Å². The van der Waals surface area contributed by atoms with Crippen molar-refractivity contribution in [1.82, 2.24) is 5.32 Å². The van der Waals surface area contributed by atoms with Crippen LogP contribution in [0, 0.1) is 5.92 Å². The highest BCUT2D eigenvalue weighted by atomic mass is 16.5. The molecule has 3 nitrogen and oxygen atoms in total. The normalized spacial score (nSPS) is 21.7. The van der Waals surface area contributed by atoms with Crippen molar-refractivity contribution in [3.63, 3.8) is 0 Å². The predicted octanol–water partition coefficient (Wildman–Crippen LogP) is 4.34. The van der Waals surface area contributed by atoms with Crippen LogP contribution in [-0.4, -0.2) is 13.2 Å². The summed E-state index contributed by atoms with van der Waals surface area (Å²) in [5.41, 5.74) is 4.58. The Bertz CT molecular complexity index is 768. The van der Waals surface area contributed by atoms with E-state index in [1.54, 1.807) is 0 Å². The summed E-state index contributed by atoms with van der Waals surface area (Å²) in [6, 6.07) is 14.8. The van der Waals surface area contributed by atoms with Gasteiger partial charge in [-0.05, 0) is 48.2 Å². The molecule has 24 heavy (non-hydrogen) atoms. The molecule has 0 spiro atoms. The van der Waals surface area contributed by atoms with Crippen molar-refractivity contribution < 1.29 is 9.47 Å². The molecular formula is C21H23NO2. The lowest BCUT2D eigenvalue weighted by Gasteiger charge is -2.33. The summed E-state index contributed by atoms with van der Waals surface area (Å²) in [5.74, 6) is 2.37. The van der Waals surface area contributed by atoms with Crippen molar-refractivity contribution in [1.29, 1.82) is 0 Å². The van der Waals surface area contributed by atoms with Gasteiger partial charge in [0.05, 0.1) is 19.3 Å². The van der Waals surface area contributed by atoms with E-state index in [0.29, 0.717) is 5.92 Å². The zero-order chi connectivity index (χ0) is 16.5. The average molecular weight is 321 g/mol. The molecule has 2 aromatic carbocycles. The maximum atomic E-state index is 5.84. The van der Waals surface area contributed by atoms with Gasteiger partial charge in [0, 0.05) is 17.2 Å². The van der Waals surface area contributed by atoms with E-state index in [4.69, 9.17) is 9.47 Å². The van der Waals surface area contributed by atoms with Crippen LogP contribution in [0.5, 0.6) is 11.5 Å². The maximum absolute atomic E-state index is 5.84. The van der Waals surface area contributed by atoms with Gasteiger partial charge in [0.15, 0.2) is 0 Å². The Morgan fingerprint density at radius 1 is 1.12 bits per heavy atom.